The molecule has 0 spiro atoms. The van der Waals surface area contributed by atoms with Crippen molar-refractivity contribution >= 4 is 17.3 Å². The Hall–Kier alpha value is -2.57. The van der Waals surface area contributed by atoms with Crippen LogP contribution in [0.25, 0.3) is 5.69 Å². The summed E-state index contributed by atoms with van der Waals surface area (Å²) in [4.78, 5) is 17.2. The van der Waals surface area contributed by atoms with Gasteiger partial charge >= 0.3 is 0 Å². The summed E-state index contributed by atoms with van der Waals surface area (Å²) in [6, 6.07) is 15.9. The van der Waals surface area contributed by atoms with Crippen LogP contribution in [-0.2, 0) is 6.54 Å². The molecule has 1 aromatic heterocycles. The van der Waals surface area contributed by atoms with Gasteiger partial charge in [-0.1, -0.05) is 11.6 Å². The lowest BCUT2D eigenvalue weighted by Crippen LogP contribution is -2.46. The first-order chi connectivity index (χ1) is 14.5. The molecule has 0 unspecified atom stereocenters. The van der Waals surface area contributed by atoms with Crippen molar-refractivity contribution in [2.24, 2.45) is 0 Å². The number of hydrogen-bond acceptors (Lipinski definition) is 3. The van der Waals surface area contributed by atoms with E-state index >= 15 is 0 Å². The molecule has 0 aliphatic carbocycles. The average Bonchev–Trinajstić information content (AvgIpc) is 3.03. The quantitative estimate of drug-likeness (QED) is 0.596. The average molecular weight is 429 g/mol. The van der Waals surface area contributed by atoms with Crippen LogP contribution < -0.4 is 10.5 Å². The Morgan fingerprint density at radius 1 is 0.900 bits per heavy atom. The maximum Gasteiger partial charge on any atom is 0.267 e. The third-order valence-corrected chi connectivity index (χ3v) is 5.89. The summed E-state index contributed by atoms with van der Waals surface area (Å²) >= 11 is 6.01. The van der Waals surface area contributed by atoms with Crippen LogP contribution >= 0.6 is 11.6 Å². The molecule has 1 fully saturated rings. The second-order valence-corrected chi connectivity index (χ2v) is 8.13. The van der Waals surface area contributed by atoms with E-state index in [2.05, 4.69) is 9.80 Å². The number of aromatic nitrogens is 2. The molecule has 1 aliphatic heterocycles. The van der Waals surface area contributed by atoms with Crippen LogP contribution in [0.1, 0.15) is 12.1 Å². The Bertz CT molecular complexity index is 1030. The number of benzene rings is 2. The van der Waals surface area contributed by atoms with Gasteiger partial charge in [-0.15, -0.1) is 0 Å². The minimum absolute atomic E-state index is 0.0172. The minimum Gasteiger partial charge on any atom is -0.369 e. The first-order valence-corrected chi connectivity index (χ1v) is 10.7. The van der Waals surface area contributed by atoms with Crippen LogP contribution in [0, 0.1) is 12.7 Å². The zero-order valence-corrected chi connectivity index (χ0v) is 17.9. The Kier molecular flexibility index (Phi) is 6.25. The fourth-order valence-electron chi connectivity index (χ4n) is 4.06. The Balaban J connectivity index is 1.34. The van der Waals surface area contributed by atoms with Crippen LogP contribution in [0.4, 0.5) is 10.1 Å². The molecule has 0 bridgehead atoms. The highest BCUT2D eigenvalue weighted by Gasteiger charge is 2.17. The fourth-order valence-corrected chi connectivity index (χ4v) is 4.19. The van der Waals surface area contributed by atoms with Crippen molar-refractivity contribution < 1.29 is 4.39 Å². The van der Waals surface area contributed by atoms with Crippen molar-refractivity contribution in [2.75, 3.05) is 37.6 Å². The van der Waals surface area contributed by atoms with Gasteiger partial charge in [0.1, 0.15) is 5.82 Å². The van der Waals surface area contributed by atoms with Crippen LogP contribution in [0.3, 0.4) is 0 Å². The Morgan fingerprint density at radius 3 is 2.20 bits per heavy atom. The molecular weight excluding hydrogens is 403 g/mol. The van der Waals surface area contributed by atoms with E-state index in [1.165, 1.54) is 12.1 Å². The number of hydrogen-bond donors (Lipinski definition) is 0. The Labute approximate surface area is 180 Å². The van der Waals surface area contributed by atoms with Gasteiger partial charge in [0.25, 0.3) is 5.56 Å². The van der Waals surface area contributed by atoms with Gasteiger partial charge in [-0.3, -0.25) is 14.4 Å². The fraction of sp³-hybridized carbons (Fsp3) is 0.348. The van der Waals surface area contributed by atoms with Crippen molar-refractivity contribution in [3.63, 3.8) is 0 Å². The van der Waals surface area contributed by atoms with E-state index in [-0.39, 0.29) is 11.4 Å². The molecule has 3 aromatic rings. The molecule has 7 heteroatoms. The minimum atomic E-state index is -0.203. The number of anilines is 1. The van der Waals surface area contributed by atoms with Gasteiger partial charge in [0.05, 0.1) is 5.69 Å². The molecule has 1 saturated heterocycles. The molecule has 0 radical (unpaired) electrons. The van der Waals surface area contributed by atoms with E-state index in [1.807, 2.05) is 48.0 Å². The number of halogens is 2. The van der Waals surface area contributed by atoms with Crippen LogP contribution in [0.15, 0.2) is 59.4 Å². The first-order valence-electron chi connectivity index (χ1n) is 10.3. The molecule has 0 saturated carbocycles. The van der Waals surface area contributed by atoms with Crippen molar-refractivity contribution in [1.29, 1.82) is 0 Å². The van der Waals surface area contributed by atoms with Crippen molar-refractivity contribution in [2.45, 2.75) is 19.9 Å². The van der Waals surface area contributed by atoms with Crippen molar-refractivity contribution in [3.8, 4) is 5.69 Å². The molecule has 5 nitrogen and oxygen atoms in total. The number of nitrogens with zero attached hydrogens (tertiary/aromatic N) is 4. The van der Waals surface area contributed by atoms with Gasteiger partial charge in [0.2, 0.25) is 0 Å². The molecule has 4 rings (SSSR count). The highest BCUT2D eigenvalue weighted by Crippen LogP contribution is 2.18. The van der Waals surface area contributed by atoms with Crippen LogP contribution in [-0.4, -0.2) is 47.0 Å². The van der Waals surface area contributed by atoms with Crippen LogP contribution in [0.5, 0.6) is 0 Å². The third-order valence-electron chi connectivity index (χ3n) is 5.64. The second-order valence-electron chi connectivity index (χ2n) is 7.69. The van der Waals surface area contributed by atoms with Gasteiger partial charge in [-0.25, -0.2) is 9.07 Å². The largest absolute Gasteiger partial charge is 0.369 e. The molecule has 158 valence electrons. The van der Waals surface area contributed by atoms with E-state index in [0.29, 0.717) is 11.6 Å². The van der Waals surface area contributed by atoms with Gasteiger partial charge in [-0.2, -0.15) is 0 Å². The molecule has 0 N–H and O–H groups in total. The summed E-state index contributed by atoms with van der Waals surface area (Å²) in [5, 5.41) is 0.678. The monoisotopic (exact) mass is 428 g/mol. The molecule has 0 atom stereocenters. The topological polar surface area (TPSA) is 33.4 Å². The Morgan fingerprint density at radius 2 is 1.53 bits per heavy atom. The summed E-state index contributed by atoms with van der Waals surface area (Å²) in [5.74, 6) is -0.203. The predicted octanol–water partition coefficient (Wildman–Crippen LogP) is 3.95. The normalized spacial score (nSPS) is 15.0. The van der Waals surface area contributed by atoms with E-state index < -0.39 is 0 Å². The third kappa shape index (κ3) is 4.60. The van der Waals surface area contributed by atoms with Crippen molar-refractivity contribution in [1.82, 2.24) is 14.3 Å². The molecule has 2 aromatic carbocycles. The van der Waals surface area contributed by atoms with E-state index in [9.17, 15) is 9.18 Å². The molecule has 2 heterocycles. The predicted molar refractivity (Wildman–Crippen MR) is 119 cm³/mol. The second kappa shape index (κ2) is 9.06. The van der Waals surface area contributed by atoms with E-state index in [4.69, 9.17) is 11.6 Å². The summed E-state index contributed by atoms with van der Waals surface area (Å²) < 4.78 is 16.9. The van der Waals surface area contributed by atoms with Crippen molar-refractivity contribution in [3.05, 3.63) is 81.5 Å². The molecular formula is C23H26ClFN4O. The number of piperazine rings is 1. The highest BCUT2D eigenvalue weighted by molar-refractivity contribution is 6.30. The molecule has 30 heavy (non-hydrogen) atoms. The lowest BCUT2D eigenvalue weighted by atomic mass is 10.2. The van der Waals surface area contributed by atoms with E-state index in [0.717, 1.165) is 56.2 Å². The van der Waals surface area contributed by atoms with Gasteiger partial charge in [0.15, 0.2) is 0 Å². The summed E-state index contributed by atoms with van der Waals surface area (Å²) in [6.45, 7) is 7.31. The maximum absolute atomic E-state index is 13.1. The standard InChI is InChI=1S/C23H26ClFN4O/c1-18-17-23(30)28(29(18)22-7-3-19(24)4-8-22)12-2-11-26-13-15-27(16-14-26)21-9-5-20(25)6-10-21/h3-10,17H,2,11-16H2,1H3. The summed E-state index contributed by atoms with van der Waals surface area (Å²) in [5.41, 5.74) is 2.93. The van der Waals surface area contributed by atoms with Crippen LogP contribution in [0.2, 0.25) is 5.02 Å². The zero-order valence-electron chi connectivity index (χ0n) is 17.1. The molecule has 1 aliphatic rings. The van der Waals surface area contributed by atoms with Gasteiger partial charge in [-0.05, 0) is 61.9 Å². The highest BCUT2D eigenvalue weighted by atomic mass is 35.5. The maximum atomic E-state index is 13.1. The number of rotatable bonds is 6. The lowest BCUT2D eigenvalue weighted by Gasteiger charge is -2.36. The number of aryl methyl sites for hydroxylation is 1. The smallest absolute Gasteiger partial charge is 0.267 e. The first kappa shape index (κ1) is 20.7. The lowest BCUT2D eigenvalue weighted by molar-refractivity contribution is 0.247. The van der Waals surface area contributed by atoms with E-state index in [1.54, 1.807) is 10.7 Å². The van der Waals surface area contributed by atoms with Gasteiger partial charge < -0.3 is 4.90 Å². The summed E-state index contributed by atoms with van der Waals surface area (Å²) in [7, 11) is 0. The zero-order chi connectivity index (χ0) is 21.1. The molecule has 0 amide bonds. The summed E-state index contributed by atoms with van der Waals surface area (Å²) in [6.07, 6.45) is 0.896. The SMILES string of the molecule is Cc1cc(=O)n(CCCN2CCN(c3ccc(F)cc3)CC2)n1-c1ccc(Cl)cc1. The van der Waals surface area contributed by atoms with Gasteiger partial charge in [0, 0.05) is 61.7 Å².